The number of rotatable bonds is 6. The quantitative estimate of drug-likeness (QED) is 0.202. The molecule has 1 atom stereocenters. The number of carbonyl (C=O) groups excluding carboxylic acids is 1. The van der Waals surface area contributed by atoms with E-state index < -0.39 is 76.6 Å². The molecule has 208 valence electrons. The topological polar surface area (TPSA) is 155 Å². The van der Waals surface area contributed by atoms with Crippen LogP contribution in [0.25, 0.3) is 21.9 Å². The van der Waals surface area contributed by atoms with Crippen LogP contribution in [0, 0.1) is 11.6 Å². The van der Waals surface area contributed by atoms with Crippen LogP contribution >= 0.6 is 0 Å². The summed E-state index contributed by atoms with van der Waals surface area (Å²) in [6.45, 7) is 4.84. The summed E-state index contributed by atoms with van der Waals surface area (Å²) in [4.78, 5) is 23.8. The minimum Gasteiger partial charge on any atom is -0.767 e. The van der Waals surface area contributed by atoms with E-state index in [1.54, 1.807) is 32.9 Å². The number of halogens is 2. The summed E-state index contributed by atoms with van der Waals surface area (Å²) < 4.78 is 90.7. The lowest BCUT2D eigenvalue weighted by atomic mass is 10.1. The van der Waals surface area contributed by atoms with Gasteiger partial charge in [0.05, 0.1) is 34.8 Å². The molecule has 0 saturated carbocycles. The number of carbonyl (C=O) groups is 1. The van der Waals surface area contributed by atoms with Gasteiger partial charge >= 0.3 is 6.09 Å². The Morgan fingerprint density at radius 3 is 2.36 bits per heavy atom. The number of amides is 1. The van der Waals surface area contributed by atoms with Crippen LogP contribution in [0.5, 0.6) is 5.75 Å². The van der Waals surface area contributed by atoms with Crippen LogP contribution in [0.1, 0.15) is 26.3 Å². The number of anilines is 1. The van der Waals surface area contributed by atoms with Crippen molar-refractivity contribution in [2.24, 2.45) is 0 Å². The Labute approximate surface area is 224 Å². The van der Waals surface area contributed by atoms with E-state index in [2.05, 4.69) is 15.0 Å². The third kappa shape index (κ3) is 5.55. The first kappa shape index (κ1) is 28.3. The molecule has 11 nitrogen and oxygen atoms in total. The summed E-state index contributed by atoms with van der Waals surface area (Å²) >= 11 is -3.18. The lowest BCUT2D eigenvalue weighted by molar-refractivity contribution is 0.0589. The van der Waals surface area contributed by atoms with Crippen LogP contribution in [0.15, 0.2) is 40.5 Å². The minimum atomic E-state index is -4.31. The van der Waals surface area contributed by atoms with Gasteiger partial charge in [0.25, 0.3) is 5.16 Å². The molecule has 2 heterocycles. The van der Waals surface area contributed by atoms with E-state index in [1.165, 1.54) is 26.3 Å². The molecule has 0 spiro atoms. The van der Waals surface area contributed by atoms with Crippen LogP contribution in [0.3, 0.4) is 0 Å². The zero-order chi connectivity index (χ0) is 28.9. The Kier molecular flexibility index (Phi) is 7.35. The van der Waals surface area contributed by atoms with E-state index in [-0.39, 0.29) is 11.2 Å². The second kappa shape index (κ2) is 10.1. The fourth-order valence-electron chi connectivity index (χ4n) is 3.79. The number of fused-ring (bicyclic) bond motifs is 3. The maximum atomic E-state index is 15.1. The van der Waals surface area contributed by atoms with Gasteiger partial charge in [-0.15, -0.1) is 0 Å². The highest BCUT2D eigenvalue weighted by molar-refractivity contribution is 7.90. The number of H-pyrrole nitrogens is 1. The number of hydrogen-bond acceptors (Lipinski definition) is 9. The molecule has 0 bridgehead atoms. The second-order valence-corrected chi connectivity index (χ2v) is 12.2. The van der Waals surface area contributed by atoms with E-state index in [1.807, 2.05) is 0 Å². The molecule has 39 heavy (non-hydrogen) atoms. The summed E-state index contributed by atoms with van der Waals surface area (Å²) in [5.74, 6) is -2.92. The van der Waals surface area contributed by atoms with Gasteiger partial charge in [-0.1, -0.05) is 12.1 Å². The third-order valence-electron chi connectivity index (χ3n) is 5.53. The van der Waals surface area contributed by atoms with E-state index in [9.17, 15) is 26.4 Å². The number of aromatic amines is 1. The van der Waals surface area contributed by atoms with E-state index in [0.29, 0.717) is 11.3 Å². The monoisotopic (exact) mass is 581 g/mol. The van der Waals surface area contributed by atoms with Gasteiger partial charge < -0.3 is 19.0 Å². The van der Waals surface area contributed by atoms with Gasteiger partial charge in [0.2, 0.25) is 9.84 Å². The van der Waals surface area contributed by atoms with E-state index in [4.69, 9.17) is 9.47 Å². The first-order chi connectivity index (χ1) is 18.1. The van der Waals surface area contributed by atoms with Crippen molar-refractivity contribution in [2.45, 2.75) is 42.3 Å². The number of nitrogens with one attached hydrogen (secondary N) is 1. The number of aromatic nitrogens is 3. The van der Waals surface area contributed by atoms with Gasteiger partial charge in [-0.2, -0.15) is 0 Å². The highest BCUT2D eigenvalue weighted by Gasteiger charge is 2.29. The van der Waals surface area contributed by atoms with E-state index >= 15 is 4.39 Å². The summed E-state index contributed by atoms with van der Waals surface area (Å²) in [6, 6.07) is 6.82. The Morgan fingerprint density at radius 2 is 1.79 bits per heavy atom. The lowest BCUT2D eigenvalue weighted by Gasteiger charge is -2.25. The maximum Gasteiger partial charge on any atom is 0.414 e. The number of sulfone groups is 1. The van der Waals surface area contributed by atoms with Crippen LogP contribution in [-0.2, 0) is 31.4 Å². The average molecular weight is 582 g/mol. The first-order valence-corrected chi connectivity index (χ1v) is 14.0. The van der Waals surface area contributed by atoms with Gasteiger partial charge in [-0.25, -0.2) is 32.0 Å². The van der Waals surface area contributed by atoms with Crippen molar-refractivity contribution in [3.05, 3.63) is 47.5 Å². The summed E-state index contributed by atoms with van der Waals surface area (Å²) in [5, 5.41) is -2.76. The number of benzene rings is 2. The summed E-state index contributed by atoms with van der Waals surface area (Å²) in [5.41, 5.74) is -1.38. The normalized spacial score (nSPS) is 13.0. The Balaban J connectivity index is 1.92. The number of nitrogens with zero attached hydrogens (tertiary/aromatic N) is 3. The average Bonchev–Trinajstić information content (AvgIpc) is 3.24. The third-order valence-corrected chi connectivity index (χ3v) is 7.59. The fourth-order valence-corrected chi connectivity index (χ4v) is 5.59. The molecule has 1 amide bonds. The van der Waals surface area contributed by atoms with Crippen molar-refractivity contribution >= 4 is 54.6 Å². The molecule has 4 aromatic rings. The zero-order valence-electron chi connectivity index (χ0n) is 21.4. The highest BCUT2D eigenvalue weighted by atomic mass is 32.2. The first-order valence-electron chi connectivity index (χ1n) is 11.3. The number of hydrogen-bond donors (Lipinski definition) is 1. The molecular formula is C24H23F2N4O7S2-. The van der Waals surface area contributed by atoms with Gasteiger partial charge in [-0.3, -0.25) is 9.11 Å². The molecular weight excluding hydrogens is 558 g/mol. The van der Waals surface area contributed by atoms with Crippen molar-refractivity contribution in [1.82, 2.24) is 15.0 Å². The van der Waals surface area contributed by atoms with Crippen LogP contribution in [0.2, 0.25) is 0 Å². The predicted molar refractivity (Wildman–Crippen MR) is 137 cm³/mol. The van der Waals surface area contributed by atoms with Gasteiger partial charge in [-0.05, 0) is 49.5 Å². The van der Waals surface area contributed by atoms with Crippen molar-refractivity contribution in [1.29, 1.82) is 0 Å². The fraction of sp³-hybridized carbons (Fsp3) is 0.292. The van der Waals surface area contributed by atoms with Crippen molar-refractivity contribution in [3.8, 4) is 5.75 Å². The number of ether oxygens (including phenoxy) is 2. The minimum absolute atomic E-state index is 0.207. The summed E-state index contributed by atoms with van der Waals surface area (Å²) in [7, 11) is -1.61. The standard InChI is InChI=1S/C24H24F2N4O7S2/c1-24(2,3)37-23(31)30(4)15-10-14(25)18(26)16-17-20(27-19(15)16)28-22(29-21(17)38(32)33)39(34,35)11-12-6-8-13(36-5)9-7-12/h6-10H,11H2,1-5H3,(H,32,33)(H,27,28,29)/p-1. The van der Waals surface area contributed by atoms with Gasteiger partial charge in [0, 0.05) is 13.1 Å². The van der Waals surface area contributed by atoms with Crippen molar-refractivity contribution < 1.29 is 40.2 Å². The Bertz CT molecular complexity index is 1730. The Morgan fingerprint density at radius 1 is 1.15 bits per heavy atom. The molecule has 4 rings (SSSR count). The highest BCUT2D eigenvalue weighted by Crippen LogP contribution is 2.38. The Hall–Kier alpha value is -3.69. The van der Waals surface area contributed by atoms with Crippen LogP contribution in [0.4, 0.5) is 19.3 Å². The van der Waals surface area contributed by atoms with Gasteiger partial charge in [0.15, 0.2) is 11.6 Å². The molecule has 0 fully saturated rings. The smallest absolute Gasteiger partial charge is 0.414 e. The van der Waals surface area contributed by atoms with Crippen LogP contribution < -0.4 is 9.64 Å². The molecule has 0 radical (unpaired) electrons. The van der Waals surface area contributed by atoms with Crippen molar-refractivity contribution in [3.63, 3.8) is 0 Å². The lowest BCUT2D eigenvalue weighted by Crippen LogP contribution is -2.34. The molecule has 15 heteroatoms. The number of methoxy groups -OCH3 is 1. The molecule has 0 aliphatic rings. The largest absolute Gasteiger partial charge is 0.767 e. The predicted octanol–water partition coefficient (Wildman–Crippen LogP) is 3.98. The SMILES string of the molecule is COc1ccc(CS(=O)(=O)c2nc(S(=O)[O-])c3c(n2)[nH]c2c(N(C)C(=O)OC(C)(C)C)cc(F)c(F)c23)cc1. The molecule has 1 unspecified atom stereocenters. The molecule has 2 aromatic heterocycles. The molecule has 2 aromatic carbocycles. The maximum absolute atomic E-state index is 15.1. The van der Waals surface area contributed by atoms with Gasteiger partial charge in [0.1, 0.15) is 22.0 Å². The summed E-state index contributed by atoms with van der Waals surface area (Å²) in [6.07, 6.45) is -0.907. The molecule has 0 aliphatic carbocycles. The molecule has 1 N–H and O–H groups in total. The van der Waals surface area contributed by atoms with E-state index in [0.717, 1.165) is 11.0 Å². The molecule has 0 saturated heterocycles. The second-order valence-electron chi connectivity index (χ2n) is 9.48. The zero-order valence-corrected chi connectivity index (χ0v) is 23.0. The van der Waals surface area contributed by atoms with Crippen LogP contribution in [-0.4, -0.2) is 58.0 Å². The molecule has 0 aliphatic heterocycles. The van der Waals surface area contributed by atoms with Crippen molar-refractivity contribution in [2.75, 3.05) is 19.1 Å².